The summed E-state index contributed by atoms with van der Waals surface area (Å²) >= 11 is 3.52. The molecule has 1 fully saturated rings. The second-order valence-electron chi connectivity index (χ2n) is 5.58. The number of halogens is 1. The molecule has 0 aliphatic heterocycles. The van der Waals surface area contributed by atoms with Crippen LogP contribution in [0.2, 0.25) is 0 Å². The number of hydrogen-bond donors (Lipinski definition) is 1. The van der Waals surface area contributed by atoms with Crippen molar-refractivity contribution in [1.29, 1.82) is 0 Å². The minimum absolute atomic E-state index is 0.0478. The first kappa shape index (κ1) is 12.9. The minimum Gasteiger partial charge on any atom is -0.388 e. The summed E-state index contributed by atoms with van der Waals surface area (Å²) in [5, 5.41) is 10.4. The number of fused-ring (bicyclic) bond motifs is 1. The fourth-order valence-corrected chi connectivity index (χ4v) is 3.35. The van der Waals surface area contributed by atoms with Crippen LogP contribution in [0.4, 0.5) is 0 Å². The van der Waals surface area contributed by atoms with Crippen LogP contribution in [0.5, 0.6) is 0 Å². The Morgan fingerprint density at radius 1 is 1.32 bits per heavy atom. The zero-order valence-corrected chi connectivity index (χ0v) is 12.8. The van der Waals surface area contributed by atoms with Crippen LogP contribution in [-0.4, -0.2) is 14.2 Å². The maximum absolute atomic E-state index is 11.9. The SMILES string of the molecule is CC1CC1C(O)c1cc2c(cc1Br)n(C)c(=O)n2C. The van der Waals surface area contributed by atoms with E-state index in [-0.39, 0.29) is 5.69 Å². The predicted molar refractivity (Wildman–Crippen MR) is 78.1 cm³/mol. The van der Waals surface area contributed by atoms with Crippen molar-refractivity contribution in [2.24, 2.45) is 25.9 Å². The number of nitrogens with zero attached hydrogens (tertiary/aromatic N) is 2. The molecular weight excluding hydrogens is 308 g/mol. The number of imidazole rings is 1. The number of benzene rings is 1. The Balaban J connectivity index is 2.19. The molecule has 1 aliphatic rings. The molecule has 0 amide bonds. The summed E-state index contributed by atoms with van der Waals surface area (Å²) in [6.07, 6.45) is 0.614. The Kier molecular flexibility index (Phi) is 2.87. The van der Waals surface area contributed by atoms with Gasteiger partial charge < -0.3 is 5.11 Å². The summed E-state index contributed by atoms with van der Waals surface area (Å²) in [6, 6.07) is 3.85. The van der Waals surface area contributed by atoms with Gasteiger partial charge in [-0.25, -0.2) is 4.79 Å². The van der Waals surface area contributed by atoms with Gasteiger partial charge in [-0.15, -0.1) is 0 Å². The third-order valence-corrected chi connectivity index (χ3v) is 4.97. The van der Waals surface area contributed by atoms with Crippen LogP contribution in [-0.2, 0) is 14.1 Å². The molecule has 5 heteroatoms. The molecule has 1 saturated carbocycles. The van der Waals surface area contributed by atoms with Crippen molar-refractivity contribution in [3.63, 3.8) is 0 Å². The molecule has 0 bridgehead atoms. The molecule has 1 N–H and O–H groups in total. The highest BCUT2D eigenvalue weighted by molar-refractivity contribution is 9.10. The lowest BCUT2D eigenvalue weighted by Crippen LogP contribution is -2.19. The van der Waals surface area contributed by atoms with Gasteiger partial charge in [-0.3, -0.25) is 9.13 Å². The van der Waals surface area contributed by atoms with E-state index in [9.17, 15) is 9.90 Å². The van der Waals surface area contributed by atoms with Gasteiger partial charge in [-0.05, 0) is 36.0 Å². The fraction of sp³-hybridized carbons (Fsp3) is 0.500. The monoisotopic (exact) mass is 324 g/mol. The van der Waals surface area contributed by atoms with Gasteiger partial charge in [0.2, 0.25) is 0 Å². The summed E-state index contributed by atoms with van der Waals surface area (Å²) in [4.78, 5) is 11.9. The maximum Gasteiger partial charge on any atom is 0.328 e. The molecule has 3 rings (SSSR count). The third kappa shape index (κ3) is 1.87. The van der Waals surface area contributed by atoms with E-state index in [1.165, 1.54) is 0 Å². The third-order valence-electron chi connectivity index (χ3n) is 4.29. The molecule has 0 spiro atoms. The van der Waals surface area contributed by atoms with E-state index in [4.69, 9.17) is 0 Å². The summed E-state index contributed by atoms with van der Waals surface area (Å²) in [5.74, 6) is 0.923. The first-order chi connectivity index (χ1) is 8.91. The summed E-state index contributed by atoms with van der Waals surface area (Å²) < 4.78 is 4.11. The average molecular weight is 325 g/mol. The lowest BCUT2D eigenvalue weighted by molar-refractivity contribution is 0.147. The van der Waals surface area contributed by atoms with Crippen LogP contribution in [0, 0.1) is 11.8 Å². The largest absolute Gasteiger partial charge is 0.388 e. The van der Waals surface area contributed by atoms with E-state index in [2.05, 4.69) is 22.9 Å². The zero-order valence-electron chi connectivity index (χ0n) is 11.2. The normalized spacial score (nSPS) is 23.8. The molecule has 1 aliphatic carbocycles. The highest BCUT2D eigenvalue weighted by Gasteiger charge is 2.40. The van der Waals surface area contributed by atoms with Gasteiger partial charge in [0.1, 0.15) is 0 Å². The number of aliphatic hydroxyl groups is 1. The van der Waals surface area contributed by atoms with E-state index < -0.39 is 6.10 Å². The van der Waals surface area contributed by atoms with E-state index in [1.54, 1.807) is 23.2 Å². The van der Waals surface area contributed by atoms with Gasteiger partial charge in [0.15, 0.2) is 0 Å². The lowest BCUT2D eigenvalue weighted by Gasteiger charge is -2.13. The minimum atomic E-state index is -0.455. The molecule has 1 heterocycles. The second-order valence-corrected chi connectivity index (χ2v) is 6.44. The number of hydrogen-bond acceptors (Lipinski definition) is 2. The average Bonchev–Trinajstić information content (AvgIpc) is 3.07. The first-order valence-electron chi connectivity index (χ1n) is 6.44. The molecule has 1 aromatic heterocycles. The lowest BCUT2D eigenvalue weighted by atomic mass is 10.0. The summed E-state index contributed by atoms with van der Waals surface area (Å²) in [6.45, 7) is 2.15. The second kappa shape index (κ2) is 4.21. The van der Waals surface area contributed by atoms with Crippen molar-refractivity contribution in [2.75, 3.05) is 0 Å². The Morgan fingerprint density at radius 2 is 1.84 bits per heavy atom. The standard InChI is InChI=1S/C14H17BrN2O2/c1-7-4-8(7)13(18)9-5-11-12(6-10(9)15)17(3)14(19)16(11)2/h5-8,13,18H,4H2,1-3H3. The Labute approximate surface area is 119 Å². The van der Waals surface area contributed by atoms with Crippen LogP contribution in [0.3, 0.4) is 0 Å². The van der Waals surface area contributed by atoms with Crippen LogP contribution in [0.1, 0.15) is 25.0 Å². The molecule has 19 heavy (non-hydrogen) atoms. The van der Waals surface area contributed by atoms with Crippen LogP contribution in [0.25, 0.3) is 11.0 Å². The van der Waals surface area contributed by atoms with Gasteiger partial charge >= 0.3 is 5.69 Å². The van der Waals surface area contributed by atoms with Crippen molar-refractivity contribution in [2.45, 2.75) is 19.4 Å². The number of rotatable bonds is 2. The van der Waals surface area contributed by atoms with E-state index >= 15 is 0 Å². The number of aliphatic hydroxyl groups excluding tert-OH is 1. The molecule has 102 valence electrons. The molecule has 0 saturated heterocycles. The number of aryl methyl sites for hydroxylation is 2. The molecular formula is C14H17BrN2O2. The quantitative estimate of drug-likeness (QED) is 0.921. The highest BCUT2D eigenvalue weighted by Crippen LogP contribution is 2.48. The van der Waals surface area contributed by atoms with E-state index in [0.717, 1.165) is 27.5 Å². The van der Waals surface area contributed by atoms with E-state index in [0.29, 0.717) is 11.8 Å². The van der Waals surface area contributed by atoms with Crippen LogP contribution >= 0.6 is 15.9 Å². The van der Waals surface area contributed by atoms with Crippen molar-refractivity contribution in [3.05, 3.63) is 32.7 Å². The molecule has 2 aromatic rings. The first-order valence-corrected chi connectivity index (χ1v) is 7.24. The highest BCUT2D eigenvalue weighted by atomic mass is 79.9. The summed E-state index contributed by atoms with van der Waals surface area (Å²) in [5.41, 5.74) is 2.56. The van der Waals surface area contributed by atoms with Gasteiger partial charge in [0.25, 0.3) is 0 Å². The Morgan fingerprint density at radius 3 is 2.37 bits per heavy atom. The maximum atomic E-state index is 11.9. The Hall–Kier alpha value is -1.07. The summed E-state index contributed by atoms with van der Waals surface area (Å²) in [7, 11) is 3.52. The molecule has 1 aromatic carbocycles. The van der Waals surface area contributed by atoms with Crippen molar-refractivity contribution in [1.82, 2.24) is 9.13 Å². The van der Waals surface area contributed by atoms with Crippen LogP contribution in [0.15, 0.2) is 21.4 Å². The van der Waals surface area contributed by atoms with Gasteiger partial charge in [-0.1, -0.05) is 22.9 Å². The van der Waals surface area contributed by atoms with E-state index in [1.807, 2.05) is 12.1 Å². The molecule has 4 nitrogen and oxygen atoms in total. The van der Waals surface area contributed by atoms with Gasteiger partial charge in [0.05, 0.1) is 17.1 Å². The zero-order chi connectivity index (χ0) is 13.9. The van der Waals surface area contributed by atoms with Crippen molar-refractivity contribution in [3.8, 4) is 0 Å². The van der Waals surface area contributed by atoms with Gasteiger partial charge in [0, 0.05) is 18.6 Å². The van der Waals surface area contributed by atoms with Gasteiger partial charge in [-0.2, -0.15) is 0 Å². The Bertz CT molecular complexity index is 716. The van der Waals surface area contributed by atoms with Crippen molar-refractivity contribution < 1.29 is 5.11 Å². The molecule has 0 radical (unpaired) electrons. The smallest absolute Gasteiger partial charge is 0.328 e. The van der Waals surface area contributed by atoms with Crippen molar-refractivity contribution >= 4 is 27.0 Å². The molecule has 3 unspecified atom stereocenters. The topological polar surface area (TPSA) is 47.2 Å². The number of aromatic nitrogens is 2. The predicted octanol–water partition coefficient (Wildman–Crippen LogP) is 2.33. The molecule has 3 atom stereocenters. The van der Waals surface area contributed by atoms with Crippen LogP contribution < -0.4 is 5.69 Å². The fourth-order valence-electron chi connectivity index (χ4n) is 2.78.